The first-order valence-corrected chi connectivity index (χ1v) is 8.63. The van der Waals surface area contributed by atoms with Crippen molar-refractivity contribution in [1.82, 2.24) is 9.88 Å². The molecule has 1 atom stereocenters. The quantitative estimate of drug-likeness (QED) is 0.939. The molecule has 0 saturated heterocycles. The van der Waals surface area contributed by atoms with Gasteiger partial charge in [0, 0.05) is 12.0 Å². The Kier molecular flexibility index (Phi) is 4.29. The summed E-state index contributed by atoms with van der Waals surface area (Å²) in [5.41, 5.74) is 0.975. The third-order valence-corrected chi connectivity index (χ3v) is 6.00. The Bertz CT molecular complexity index is 569. The Balaban J connectivity index is 1.81. The molecule has 0 aliphatic heterocycles. The van der Waals surface area contributed by atoms with Gasteiger partial charge >= 0.3 is 0 Å². The molecule has 0 radical (unpaired) electrons. The molecule has 1 N–H and O–H groups in total. The van der Waals surface area contributed by atoms with Crippen LogP contribution in [0, 0.1) is 0 Å². The molecule has 1 unspecified atom stereocenters. The molecule has 0 amide bonds. The van der Waals surface area contributed by atoms with Gasteiger partial charge in [-0.1, -0.05) is 31.4 Å². The Labute approximate surface area is 130 Å². The Hall–Kier alpha value is -0.970. The fourth-order valence-corrected chi connectivity index (χ4v) is 4.61. The van der Waals surface area contributed by atoms with Gasteiger partial charge in [-0.2, -0.15) is 0 Å². The maximum atomic E-state index is 10.9. The van der Waals surface area contributed by atoms with Gasteiger partial charge in [0.05, 0.1) is 21.3 Å². The second-order valence-corrected chi connectivity index (χ2v) is 7.47. The summed E-state index contributed by atoms with van der Waals surface area (Å²) in [5, 5.41) is 11.9. The lowest BCUT2D eigenvalue weighted by atomic mass is 9.75. The number of nitrogens with zero attached hydrogens (tertiary/aromatic N) is 2. The van der Waals surface area contributed by atoms with Gasteiger partial charge in [-0.25, -0.2) is 4.98 Å². The molecular formula is C17H24N2OS. The number of rotatable bonds is 4. The van der Waals surface area contributed by atoms with Crippen LogP contribution in [-0.2, 0) is 6.42 Å². The van der Waals surface area contributed by atoms with E-state index >= 15 is 0 Å². The second kappa shape index (κ2) is 6.03. The van der Waals surface area contributed by atoms with Crippen LogP contribution in [0.15, 0.2) is 24.3 Å². The van der Waals surface area contributed by atoms with E-state index in [2.05, 4.69) is 30.0 Å². The number of aliphatic hydroxyl groups is 1. The summed E-state index contributed by atoms with van der Waals surface area (Å²) in [6.07, 6.45) is 6.23. The molecule has 21 heavy (non-hydrogen) atoms. The van der Waals surface area contributed by atoms with Crippen molar-refractivity contribution < 1.29 is 5.11 Å². The number of likely N-dealkylation sites (N-methyl/N-ethyl adjacent to an activating group) is 1. The van der Waals surface area contributed by atoms with Crippen LogP contribution in [0.25, 0.3) is 10.2 Å². The summed E-state index contributed by atoms with van der Waals surface area (Å²) in [5.74, 6) is 0. The summed E-state index contributed by atoms with van der Waals surface area (Å²) in [6.45, 7) is 0. The smallest absolute Gasteiger partial charge is 0.0965 e. The maximum Gasteiger partial charge on any atom is 0.0965 e. The number of para-hydroxylation sites is 1. The van der Waals surface area contributed by atoms with Gasteiger partial charge in [-0.15, -0.1) is 11.3 Å². The van der Waals surface area contributed by atoms with Crippen LogP contribution < -0.4 is 0 Å². The SMILES string of the molecule is CN(C)C1(C(O)Cc2nc3ccccc3s2)CCCCC1. The van der Waals surface area contributed by atoms with Crippen molar-refractivity contribution in [3.8, 4) is 0 Å². The summed E-state index contributed by atoms with van der Waals surface area (Å²) in [6, 6.07) is 8.21. The number of hydrogen-bond acceptors (Lipinski definition) is 4. The number of thiazole rings is 1. The Morgan fingerprint density at radius 3 is 2.62 bits per heavy atom. The summed E-state index contributed by atoms with van der Waals surface area (Å²) >= 11 is 1.71. The van der Waals surface area contributed by atoms with Gasteiger partial charge < -0.3 is 10.0 Å². The van der Waals surface area contributed by atoms with Crippen LogP contribution in [0.5, 0.6) is 0 Å². The van der Waals surface area contributed by atoms with Gasteiger partial charge in [-0.3, -0.25) is 0 Å². The highest BCUT2D eigenvalue weighted by atomic mass is 32.1. The van der Waals surface area contributed by atoms with Gasteiger partial charge in [0.1, 0.15) is 0 Å². The molecule has 3 nitrogen and oxygen atoms in total. The standard InChI is InChI=1S/C17H24N2OS/c1-19(2)17(10-6-3-7-11-17)15(20)12-16-18-13-8-4-5-9-14(13)21-16/h4-5,8-9,15,20H,3,6-7,10-12H2,1-2H3. The van der Waals surface area contributed by atoms with Gasteiger partial charge in [0.2, 0.25) is 0 Å². The van der Waals surface area contributed by atoms with E-state index in [4.69, 9.17) is 0 Å². The topological polar surface area (TPSA) is 36.4 Å². The van der Waals surface area contributed by atoms with Crippen LogP contribution in [0.1, 0.15) is 37.1 Å². The molecule has 0 bridgehead atoms. The molecule has 1 heterocycles. The minimum absolute atomic E-state index is 0.0733. The molecule has 0 spiro atoms. The molecule has 1 aliphatic carbocycles. The molecular weight excluding hydrogens is 280 g/mol. The van der Waals surface area contributed by atoms with E-state index in [1.54, 1.807) is 11.3 Å². The minimum atomic E-state index is -0.339. The van der Waals surface area contributed by atoms with Crippen molar-refractivity contribution in [2.75, 3.05) is 14.1 Å². The molecule has 1 aromatic heterocycles. The van der Waals surface area contributed by atoms with Crippen molar-refractivity contribution in [3.05, 3.63) is 29.3 Å². The average molecular weight is 304 g/mol. The molecule has 3 rings (SSSR count). The van der Waals surface area contributed by atoms with Crippen molar-refractivity contribution in [2.24, 2.45) is 0 Å². The number of aliphatic hydroxyl groups excluding tert-OH is 1. The largest absolute Gasteiger partial charge is 0.391 e. The van der Waals surface area contributed by atoms with Crippen molar-refractivity contribution >= 4 is 21.6 Å². The van der Waals surface area contributed by atoms with Crippen LogP contribution in [0.4, 0.5) is 0 Å². The van der Waals surface area contributed by atoms with E-state index < -0.39 is 0 Å². The third-order valence-electron chi connectivity index (χ3n) is 4.94. The highest BCUT2D eigenvalue weighted by Crippen LogP contribution is 2.37. The van der Waals surface area contributed by atoms with Crippen LogP contribution >= 0.6 is 11.3 Å². The Morgan fingerprint density at radius 2 is 1.95 bits per heavy atom. The van der Waals surface area contributed by atoms with E-state index in [9.17, 15) is 5.11 Å². The zero-order chi connectivity index (χ0) is 14.9. The second-order valence-electron chi connectivity index (χ2n) is 6.35. The first-order chi connectivity index (χ1) is 10.1. The van der Waals surface area contributed by atoms with E-state index in [0.717, 1.165) is 23.4 Å². The number of aromatic nitrogens is 1. The van der Waals surface area contributed by atoms with Crippen LogP contribution in [0.3, 0.4) is 0 Å². The molecule has 1 aromatic carbocycles. The maximum absolute atomic E-state index is 10.9. The number of hydrogen-bond donors (Lipinski definition) is 1. The third kappa shape index (κ3) is 2.85. The molecule has 4 heteroatoms. The zero-order valence-electron chi connectivity index (χ0n) is 12.9. The molecule has 1 aliphatic rings. The lowest BCUT2D eigenvalue weighted by Gasteiger charge is -2.46. The first-order valence-electron chi connectivity index (χ1n) is 7.82. The fraction of sp³-hybridized carbons (Fsp3) is 0.588. The molecule has 114 valence electrons. The fourth-order valence-electron chi connectivity index (χ4n) is 3.61. The van der Waals surface area contributed by atoms with Crippen molar-refractivity contribution in [3.63, 3.8) is 0 Å². The Morgan fingerprint density at radius 1 is 1.24 bits per heavy atom. The van der Waals surface area contributed by atoms with E-state index in [0.29, 0.717) is 6.42 Å². The predicted molar refractivity (Wildman–Crippen MR) is 88.8 cm³/mol. The average Bonchev–Trinajstić information content (AvgIpc) is 2.89. The van der Waals surface area contributed by atoms with E-state index in [-0.39, 0.29) is 11.6 Å². The monoisotopic (exact) mass is 304 g/mol. The molecule has 1 saturated carbocycles. The lowest BCUT2D eigenvalue weighted by molar-refractivity contribution is -0.0310. The van der Waals surface area contributed by atoms with E-state index in [1.165, 1.54) is 24.0 Å². The lowest BCUT2D eigenvalue weighted by Crippen LogP contribution is -2.55. The molecule has 1 fully saturated rings. The summed E-state index contributed by atoms with van der Waals surface area (Å²) < 4.78 is 1.21. The summed E-state index contributed by atoms with van der Waals surface area (Å²) in [4.78, 5) is 6.92. The minimum Gasteiger partial charge on any atom is -0.391 e. The highest BCUT2D eigenvalue weighted by molar-refractivity contribution is 7.18. The van der Waals surface area contributed by atoms with Crippen molar-refractivity contribution in [1.29, 1.82) is 0 Å². The number of fused-ring (bicyclic) bond motifs is 1. The number of benzene rings is 1. The van der Waals surface area contributed by atoms with Gasteiger partial charge in [-0.05, 0) is 39.1 Å². The first kappa shape index (κ1) is 14.9. The summed E-state index contributed by atoms with van der Waals surface area (Å²) in [7, 11) is 4.21. The zero-order valence-corrected chi connectivity index (χ0v) is 13.7. The van der Waals surface area contributed by atoms with Crippen molar-refractivity contribution in [2.45, 2.75) is 50.2 Å². The normalized spacial score (nSPS) is 20.0. The predicted octanol–water partition coefficient (Wildman–Crippen LogP) is 3.46. The van der Waals surface area contributed by atoms with Gasteiger partial charge in [0.25, 0.3) is 0 Å². The van der Waals surface area contributed by atoms with Crippen LogP contribution in [-0.4, -0.2) is 40.7 Å². The van der Waals surface area contributed by atoms with Gasteiger partial charge in [0.15, 0.2) is 0 Å². The highest BCUT2D eigenvalue weighted by Gasteiger charge is 2.41. The molecule has 2 aromatic rings. The van der Waals surface area contributed by atoms with E-state index in [1.807, 2.05) is 18.2 Å². The van der Waals surface area contributed by atoms with Crippen LogP contribution in [0.2, 0.25) is 0 Å².